The molecule has 2 heteroatoms. The molecule has 106 valence electrons. The van der Waals surface area contributed by atoms with Crippen LogP contribution in [0.25, 0.3) is 0 Å². The van der Waals surface area contributed by atoms with Crippen molar-refractivity contribution in [1.29, 1.82) is 0 Å². The second-order valence-corrected chi connectivity index (χ2v) is 7.38. The molecule has 0 spiro atoms. The van der Waals surface area contributed by atoms with E-state index in [0.717, 1.165) is 6.04 Å². The molecule has 0 aliphatic heterocycles. The zero-order valence-corrected chi connectivity index (χ0v) is 12.9. The van der Waals surface area contributed by atoms with Crippen LogP contribution in [0.3, 0.4) is 0 Å². The third kappa shape index (κ3) is 3.48. The first-order chi connectivity index (χ1) is 8.47. The van der Waals surface area contributed by atoms with Crippen LogP contribution in [-0.4, -0.2) is 36.6 Å². The van der Waals surface area contributed by atoms with Crippen molar-refractivity contribution in [2.24, 2.45) is 5.41 Å². The van der Waals surface area contributed by atoms with E-state index in [2.05, 4.69) is 38.0 Å². The normalized spacial score (nSPS) is 23.8. The van der Waals surface area contributed by atoms with E-state index in [9.17, 15) is 0 Å². The minimum Gasteiger partial charge on any atom is -0.313 e. The fourth-order valence-electron chi connectivity index (χ4n) is 3.15. The van der Waals surface area contributed by atoms with Gasteiger partial charge in [0.25, 0.3) is 0 Å². The summed E-state index contributed by atoms with van der Waals surface area (Å²) in [7, 11) is 2.32. The summed E-state index contributed by atoms with van der Waals surface area (Å²) in [6.07, 6.45) is 9.78. The molecule has 2 fully saturated rings. The van der Waals surface area contributed by atoms with Crippen LogP contribution in [0.2, 0.25) is 0 Å². The van der Waals surface area contributed by atoms with Gasteiger partial charge in [0, 0.05) is 24.7 Å². The summed E-state index contributed by atoms with van der Waals surface area (Å²) in [5, 5.41) is 3.79. The molecule has 18 heavy (non-hydrogen) atoms. The molecule has 0 atom stereocenters. The van der Waals surface area contributed by atoms with Gasteiger partial charge in [0.15, 0.2) is 0 Å². The third-order valence-electron chi connectivity index (χ3n) is 5.48. The average Bonchev–Trinajstić information content (AvgIpc) is 3.07. The van der Waals surface area contributed by atoms with Crippen molar-refractivity contribution in [3.8, 4) is 0 Å². The van der Waals surface area contributed by atoms with Gasteiger partial charge >= 0.3 is 0 Å². The number of nitrogens with one attached hydrogen (secondary N) is 1. The van der Waals surface area contributed by atoms with Crippen LogP contribution >= 0.6 is 0 Å². The first kappa shape index (κ1) is 14.3. The first-order valence-electron chi connectivity index (χ1n) is 7.92. The molecule has 1 N–H and O–H groups in total. The van der Waals surface area contributed by atoms with Gasteiger partial charge in [-0.25, -0.2) is 0 Å². The minimum atomic E-state index is 0.342. The summed E-state index contributed by atoms with van der Waals surface area (Å²) in [5.41, 5.74) is 0.902. The van der Waals surface area contributed by atoms with Crippen molar-refractivity contribution in [2.75, 3.05) is 20.1 Å². The molecule has 0 aromatic carbocycles. The minimum absolute atomic E-state index is 0.342. The second-order valence-electron chi connectivity index (χ2n) is 7.38. The first-order valence-corrected chi connectivity index (χ1v) is 7.92. The molecule has 2 saturated carbocycles. The average molecular weight is 252 g/mol. The van der Waals surface area contributed by atoms with Gasteiger partial charge < -0.3 is 10.2 Å². The molecule has 2 rings (SSSR count). The summed E-state index contributed by atoms with van der Waals surface area (Å²) in [6, 6.07) is 0.854. The highest BCUT2D eigenvalue weighted by Gasteiger charge is 2.38. The number of nitrogens with zero attached hydrogens (tertiary/aromatic N) is 1. The maximum Gasteiger partial charge on any atom is 0.0147 e. The van der Waals surface area contributed by atoms with Crippen molar-refractivity contribution in [1.82, 2.24) is 10.2 Å². The molecular formula is C16H32N2. The fraction of sp³-hybridized carbons (Fsp3) is 1.00. The Morgan fingerprint density at radius 3 is 2.33 bits per heavy atom. The van der Waals surface area contributed by atoms with Crippen molar-refractivity contribution in [3.63, 3.8) is 0 Å². The lowest BCUT2D eigenvalue weighted by Gasteiger charge is -2.42. The smallest absolute Gasteiger partial charge is 0.0147 e. The van der Waals surface area contributed by atoms with Crippen LogP contribution in [0.1, 0.15) is 65.7 Å². The topological polar surface area (TPSA) is 15.3 Å². The van der Waals surface area contributed by atoms with Crippen LogP contribution in [-0.2, 0) is 0 Å². The van der Waals surface area contributed by atoms with Gasteiger partial charge in [-0.2, -0.15) is 0 Å². The van der Waals surface area contributed by atoms with E-state index in [1.807, 2.05) is 0 Å². The fourth-order valence-corrected chi connectivity index (χ4v) is 3.15. The van der Waals surface area contributed by atoms with Crippen LogP contribution < -0.4 is 5.32 Å². The zero-order valence-electron chi connectivity index (χ0n) is 12.9. The Labute approximate surface area is 114 Å². The van der Waals surface area contributed by atoms with Crippen LogP contribution in [0.4, 0.5) is 0 Å². The van der Waals surface area contributed by atoms with Crippen molar-refractivity contribution in [3.05, 3.63) is 0 Å². The number of hydrogen-bond acceptors (Lipinski definition) is 2. The van der Waals surface area contributed by atoms with E-state index in [1.54, 1.807) is 0 Å². The Kier molecular flexibility index (Phi) is 4.38. The highest BCUT2D eigenvalue weighted by molar-refractivity contribution is 4.94. The van der Waals surface area contributed by atoms with Gasteiger partial charge in [-0.3, -0.25) is 0 Å². The number of rotatable bonds is 7. The van der Waals surface area contributed by atoms with Gasteiger partial charge in [0.05, 0.1) is 0 Å². The molecule has 0 aromatic heterocycles. The standard InChI is InChI=1S/C16H32N2/c1-5-15(2,3)18(4)13-16(10-6-7-11-16)12-17-14-8-9-14/h14,17H,5-13H2,1-4H3. The lowest BCUT2D eigenvalue weighted by molar-refractivity contribution is 0.0827. The van der Waals surface area contributed by atoms with Crippen LogP contribution in [0.15, 0.2) is 0 Å². The molecule has 0 radical (unpaired) electrons. The Balaban J connectivity index is 1.91. The molecule has 0 unspecified atom stereocenters. The SMILES string of the molecule is CCC(C)(C)N(C)CC1(CNC2CC2)CCCC1. The van der Waals surface area contributed by atoms with E-state index in [4.69, 9.17) is 0 Å². The third-order valence-corrected chi connectivity index (χ3v) is 5.48. The molecule has 0 heterocycles. The summed E-state index contributed by atoms with van der Waals surface area (Å²) in [5.74, 6) is 0. The van der Waals surface area contributed by atoms with E-state index in [-0.39, 0.29) is 0 Å². The Bertz CT molecular complexity index is 262. The summed E-state index contributed by atoms with van der Waals surface area (Å²) in [6.45, 7) is 9.59. The Morgan fingerprint density at radius 1 is 1.22 bits per heavy atom. The lowest BCUT2D eigenvalue weighted by atomic mass is 9.83. The van der Waals surface area contributed by atoms with E-state index in [1.165, 1.54) is 58.0 Å². The van der Waals surface area contributed by atoms with E-state index < -0.39 is 0 Å². The molecular weight excluding hydrogens is 220 g/mol. The van der Waals surface area contributed by atoms with Gasteiger partial charge in [0.1, 0.15) is 0 Å². The molecule has 0 aromatic rings. The predicted molar refractivity (Wildman–Crippen MR) is 78.9 cm³/mol. The molecule has 0 saturated heterocycles. The zero-order chi connectivity index (χ0) is 13.2. The summed E-state index contributed by atoms with van der Waals surface area (Å²) in [4.78, 5) is 2.60. The largest absolute Gasteiger partial charge is 0.313 e. The molecule has 2 aliphatic carbocycles. The quantitative estimate of drug-likeness (QED) is 0.747. The second kappa shape index (κ2) is 5.50. The van der Waals surface area contributed by atoms with Gasteiger partial charge in [-0.1, -0.05) is 19.8 Å². The Hall–Kier alpha value is -0.0800. The van der Waals surface area contributed by atoms with Crippen molar-refractivity contribution in [2.45, 2.75) is 77.3 Å². The molecule has 0 amide bonds. The number of hydrogen-bond donors (Lipinski definition) is 1. The monoisotopic (exact) mass is 252 g/mol. The van der Waals surface area contributed by atoms with E-state index >= 15 is 0 Å². The predicted octanol–water partition coefficient (Wildman–Crippen LogP) is 3.42. The Morgan fingerprint density at radius 2 is 1.83 bits per heavy atom. The summed E-state index contributed by atoms with van der Waals surface area (Å²) >= 11 is 0. The molecule has 2 aliphatic rings. The van der Waals surface area contributed by atoms with Crippen LogP contribution in [0.5, 0.6) is 0 Å². The lowest BCUT2D eigenvalue weighted by Crippen LogP contribution is -2.49. The maximum absolute atomic E-state index is 3.79. The highest BCUT2D eigenvalue weighted by Crippen LogP contribution is 2.40. The highest BCUT2D eigenvalue weighted by atomic mass is 15.2. The summed E-state index contributed by atoms with van der Waals surface area (Å²) < 4.78 is 0. The van der Waals surface area contributed by atoms with Crippen LogP contribution in [0, 0.1) is 5.41 Å². The van der Waals surface area contributed by atoms with Gasteiger partial charge in [0.2, 0.25) is 0 Å². The maximum atomic E-state index is 3.79. The van der Waals surface area contributed by atoms with Gasteiger partial charge in [-0.05, 0) is 58.4 Å². The van der Waals surface area contributed by atoms with E-state index in [0.29, 0.717) is 11.0 Å². The molecule has 0 bridgehead atoms. The van der Waals surface area contributed by atoms with Crippen molar-refractivity contribution < 1.29 is 0 Å². The van der Waals surface area contributed by atoms with Crippen molar-refractivity contribution >= 4 is 0 Å². The van der Waals surface area contributed by atoms with Gasteiger partial charge in [-0.15, -0.1) is 0 Å². The molecule has 2 nitrogen and oxygen atoms in total.